The van der Waals surface area contributed by atoms with Crippen molar-refractivity contribution in [1.29, 1.82) is 0 Å². The SMILES string of the molecule is Cc1cc(CNC(=O)OCC#Cc2ccc(OCc3nnc(SC4(S)C(S)(S)C(S)(S)C(S)(S)C4(S)S)n3-c3cccnc3)cc2C)no1. The molecule has 0 radical (unpaired) electrons. The zero-order valence-corrected chi connectivity index (χ0v) is 34.4. The molecule has 3 heterocycles. The number of thiol groups is 9. The van der Waals surface area contributed by atoms with E-state index in [9.17, 15) is 4.79 Å². The number of aromatic nitrogens is 5. The number of carbonyl (C=O) groups excluding carboxylic acids is 1. The van der Waals surface area contributed by atoms with E-state index in [-0.39, 0.29) is 19.8 Å². The van der Waals surface area contributed by atoms with E-state index in [1.807, 2.05) is 25.1 Å². The predicted molar refractivity (Wildman–Crippen MR) is 221 cm³/mol. The van der Waals surface area contributed by atoms with Gasteiger partial charge in [0.1, 0.15) is 44.2 Å². The average Bonchev–Trinajstić information content (AvgIpc) is 3.67. The molecule has 49 heavy (non-hydrogen) atoms. The van der Waals surface area contributed by atoms with Gasteiger partial charge in [0.15, 0.2) is 17.6 Å². The van der Waals surface area contributed by atoms with Gasteiger partial charge < -0.3 is 19.3 Å². The van der Waals surface area contributed by atoms with Crippen molar-refractivity contribution in [3.8, 4) is 23.3 Å². The summed E-state index contributed by atoms with van der Waals surface area (Å²) in [4.78, 5) is 16.2. The molecule has 5 rings (SSSR count). The number of hydrogen-bond acceptors (Lipinski definition) is 18. The molecule has 260 valence electrons. The Hall–Kier alpha value is -1.15. The van der Waals surface area contributed by atoms with Gasteiger partial charge in [0, 0.05) is 17.8 Å². The molecule has 20 heteroatoms. The van der Waals surface area contributed by atoms with Crippen molar-refractivity contribution in [1.82, 2.24) is 30.2 Å². The molecule has 10 nitrogen and oxygen atoms in total. The third kappa shape index (κ3) is 7.40. The smallest absolute Gasteiger partial charge is 0.408 e. The van der Waals surface area contributed by atoms with E-state index in [2.05, 4.69) is 37.5 Å². The Labute approximate surface area is 337 Å². The quantitative estimate of drug-likeness (QED) is 0.0557. The number of ether oxygens (including phenoxy) is 2. The minimum atomic E-state index is -1.37. The van der Waals surface area contributed by atoms with Gasteiger partial charge in [-0.25, -0.2) is 4.79 Å². The Morgan fingerprint density at radius 3 is 2.31 bits per heavy atom. The number of hydrogen-bond donors (Lipinski definition) is 10. The number of thioether (sulfide) groups is 1. The summed E-state index contributed by atoms with van der Waals surface area (Å²) in [5.74, 6) is 7.57. The molecule has 1 aliphatic carbocycles. The van der Waals surface area contributed by atoms with Crippen LogP contribution in [0.15, 0.2) is 58.5 Å². The minimum Gasteiger partial charge on any atom is -0.486 e. The van der Waals surface area contributed by atoms with Gasteiger partial charge in [0.05, 0.1) is 18.4 Å². The monoisotopic (exact) mass is 846 g/mol. The summed E-state index contributed by atoms with van der Waals surface area (Å²) in [5, 5.41) is 15.7. The lowest BCUT2D eigenvalue weighted by molar-refractivity contribution is 0.159. The van der Waals surface area contributed by atoms with E-state index in [0.29, 0.717) is 33.9 Å². The summed E-state index contributed by atoms with van der Waals surface area (Å²) in [6.07, 6.45) is 2.73. The van der Waals surface area contributed by atoms with Crippen molar-refractivity contribution >= 4 is 132 Å². The van der Waals surface area contributed by atoms with Crippen molar-refractivity contribution in [3.05, 3.63) is 77.2 Å². The molecule has 0 saturated heterocycles. The summed E-state index contributed by atoms with van der Waals surface area (Å²) in [6, 6.07) is 10.8. The highest BCUT2D eigenvalue weighted by Crippen LogP contribution is 2.78. The Morgan fingerprint density at radius 1 is 0.980 bits per heavy atom. The Bertz CT molecular complexity index is 1880. The molecule has 1 amide bonds. The molecule has 4 aromatic rings. The number of alkyl carbamates (subject to hydrolysis) is 1. The fourth-order valence-electron chi connectivity index (χ4n) is 4.64. The molecule has 0 bridgehead atoms. The van der Waals surface area contributed by atoms with Crippen LogP contribution in [0.5, 0.6) is 5.75 Å². The topological polar surface area (TPSA) is 117 Å². The number of benzene rings is 1. The lowest BCUT2D eigenvalue weighted by Gasteiger charge is -2.43. The van der Waals surface area contributed by atoms with Gasteiger partial charge in [0.25, 0.3) is 0 Å². The van der Waals surface area contributed by atoms with Crippen LogP contribution < -0.4 is 10.1 Å². The number of aryl methyl sites for hydroxylation is 2. The second kappa shape index (κ2) is 15.1. The third-order valence-electron chi connectivity index (χ3n) is 7.40. The van der Waals surface area contributed by atoms with Crippen LogP contribution in [-0.4, -0.2) is 58.0 Å². The molecule has 0 atom stereocenters. The molecule has 1 aliphatic rings. The van der Waals surface area contributed by atoms with Gasteiger partial charge in [-0.05, 0) is 49.7 Å². The van der Waals surface area contributed by atoms with E-state index in [0.717, 1.165) is 11.1 Å². The molecular formula is C29H30N6O4S10. The number of nitrogens with one attached hydrogen (secondary N) is 1. The fraction of sp³-hybridized carbons (Fsp3) is 0.345. The maximum absolute atomic E-state index is 11.9. The van der Waals surface area contributed by atoms with E-state index in [1.165, 1.54) is 11.8 Å². The van der Waals surface area contributed by atoms with Crippen molar-refractivity contribution in [3.63, 3.8) is 0 Å². The van der Waals surface area contributed by atoms with E-state index < -0.39 is 26.5 Å². The van der Waals surface area contributed by atoms with Crippen LogP contribution in [0.2, 0.25) is 0 Å². The van der Waals surface area contributed by atoms with Gasteiger partial charge in [-0.3, -0.25) is 9.55 Å². The number of pyridine rings is 1. The van der Waals surface area contributed by atoms with Crippen LogP contribution in [0, 0.1) is 25.7 Å². The predicted octanol–water partition coefficient (Wildman–Crippen LogP) is 6.08. The van der Waals surface area contributed by atoms with Crippen LogP contribution in [0.25, 0.3) is 5.69 Å². The Kier molecular flexibility index (Phi) is 12.0. The van der Waals surface area contributed by atoms with Crippen LogP contribution in [0.1, 0.15) is 28.4 Å². The first-order chi connectivity index (χ1) is 22.9. The molecular weight excluding hydrogens is 817 g/mol. The standard InChI is InChI=1S/C29H30N6O4S10/c1-16-11-21(8-7-18(16)5-4-10-37-24(36)31-13-19-12-17(2)39-34-19)38-15-22-32-33-23(35(22)20-6-3-9-30-14-20)49-29(48)27(44,45)25(40,41)26(42,43)28(29,46)47/h3,6-9,11-12,14,40-48H,10,13,15H2,1-2H3,(H,31,36). The van der Waals surface area contributed by atoms with Crippen molar-refractivity contribution < 1.29 is 18.8 Å². The zero-order valence-electron chi connectivity index (χ0n) is 25.5. The van der Waals surface area contributed by atoms with Crippen LogP contribution in [0.3, 0.4) is 0 Å². The average molecular weight is 847 g/mol. The van der Waals surface area contributed by atoms with Crippen LogP contribution in [0.4, 0.5) is 4.79 Å². The molecule has 0 spiro atoms. The highest BCUT2D eigenvalue weighted by Gasteiger charge is 2.81. The highest BCUT2D eigenvalue weighted by molar-refractivity contribution is 8.21. The molecule has 1 saturated carbocycles. The van der Waals surface area contributed by atoms with Gasteiger partial charge >= 0.3 is 6.09 Å². The van der Waals surface area contributed by atoms with Gasteiger partial charge in [0.2, 0.25) is 0 Å². The molecule has 0 aliphatic heterocycles. The van der Waals surface area contributed by atoms with E-state index >= 15 is 0 Å². The molecule has 1 N–H and O–H groups in total. The lowest BCUT2D eigenvalue weighted by atomic mass is 10.1. The Balaban J connectivity index is 1.29. The van der Waals surface area contributed by atoms with Gasteiger partial charge in [-0.2, -0.15) is 114 Å². The van der Waals surface area contributed by atoms with Gasteiger partial charge in [-0.15, -0.1) is 10.2 Å². The van der Waals surface area contributed by atoms with Crippen molar-refractivity contribution in [2.45, 2.75) is 52.6 Å². The highest BCUT2D eigenvalue weighted by atomic mass is 32.2. The summed E-state index contributed by atoms with van der Waals surface area (Å²) < 4.78 is 11.3. The largest absolute Gasteiger partial charge is 0.486 e. The zero-order chi connectivity index (χ0) is 35.8. The first-order valence-electron chi connectivity index (χ1n) is 14.0. The van der Waals surface area contributed by atoms with Crippen LogP contribution >= 0.6 is 125 Å². The number of rotatable bonds is 9. The summed E-state index contributed by atoms with van der Waals surface area (Å²) in [5.41, 5.74) is 2.88. The van der Waals surface area contributed by atoms with E-state index in [4.69, 9.17) is 128 Å². The summed E-state index contributed by atoms with van der Waals surface area (Å²) >= 11 is 44.5. The fourth-order valence-corrected chi connectivity index (χ4v) is 11.4. The molecule has 1 fully saturated rings. The molecule has 0 unspecified atom stereocenters. The molecule has 3 aromatic heterocycles. The summed E-state index contributed by atoms with van der Waals surface area (Å²) in [7, 11) is 0. The number of amides is 1. The van der Waals surface area contributed by atoms with Gasteiger partial charge in [-0.1, -0.05) is 28.8 Å². The molecule has 1 aromatic carbocycles. The Morgan fingerprint density at radius 2 is 1.69 bits per heavy atom. The number of nitrogens with zero attached hydrogens (tertiary/aromatic N) is 5. The minimum absolute atomic E-state index is 0.0509. The second-order valence-corrected chi connectivity index (χ2v) is 19.7. The van der Waals surface area contributed by atoms with Crippen molar-refractivity contribution in [2.24, 2.45) is 0 Å². The maximum Gasteiger partial charge on any atom is 0.408 e. The number of carbonyl (C=O) groups is 1. The van der Waals surface area contributed by atoms with E-state index in [1.54, 1.807) is 42.1 Å². The maximum atomic E-state index is 11.9. The van der Waals surface area contributed by atoms with Crippen LogP contribution in [-0.2, 0) is 17.9 Å². The summed E-state index contributed by atoms with van der Waals surface area (Å²) in [6.45, 7) is 3.82. The normalized spacial score (nSPS) is 17.9. The lowest BCUT2D eigenvalue weighted by Crippen LogP contribution is -2.49. The first-order valence-corrected chi connectivity index (χ1v) is 18.9. The third-order valence-corrected chi connectivity index (χ3v) is 18.5. The first kappa shape index (κ1) is 39.1. The second-order valence-electron chi connectivity index (χ2n) is 10.8. The van der Waals surface area contributed by atoms with Crippen molar-refractivity contribution in [2.75, 3.05) is 6.61 Å².